The standard InChI is InChI=1S/C16H21N3O4S/c1-4-10-17-15(20)12-18-16(21)13-8-7-9-14(11-13)24(22,23)19(5-2)6-3/h1,7-9,11H,5-6,10,12H2,2-3H3,(H,17,20)(H,18,21). The molecule has 2 N–H and O–H groups in total. The second kappa shape index (κ2) is 9.05. The van der Waals surface area contributed by atoms with Gasteiger partial charge in [-0.1, -0.05) is 25.8 Å². The van der Waals surface area contributed by atoms with Crippen LogP contribution in [0, 0.1) is 12.3 Å². The Labute approximate surface area is 142 Å². The second-order valence-corrected chi connectivity index (χ2v) is 6.72. The molecule has 0 bridgehead atoms. The van der Waals surface area contributed by atoms with Gasteiger partial charge in [0.25, 0.3) is 5.91 Å². The summed E-state index contributed by atoms with van der Waals surface area (Å²) in [7, 11) is -3.65. The van der Waals surface area contributed by atoms with Crippen molar-refractivity contribution in [3.8, 4) is 12.3 Å². The highest BCUT2D eigenvalue weighted by molar-refractivity contribution is 7.89. The lowest BCUT2D eigenvalue weighted by atomic mass is 10.2. The van der Waals surface area contributed by atoms with E-state index in [1.807, 2.05) is 0 Å². The number of carbonyl (C=O) groups is 2. The third-order valence-corrected chi connectivity index (χ3v) is 5.28. The van der Waals surface area contributed by atoms with Crippen molar-refractivity contribution in [1.82, 2.24) is 14.9 Å². The fourth-order valence-corrected chi connectivity index (χ4v) is 3.49. The molecule has 130 valence electrons. The molecule has 0 saturated heterocycles. The maximum absolute atomic E-state index is 12.5. The van der Waals surface area contributed by atoms with Crippen LogP contribution < -0.4 is 10.6 Å². The van der Waals surface area contributed by atoms with Gasteiger partial charge in [-0.25, -0.2) is 8.42 Å². The van der Waals surface area contributed by atoms with Crippen LogP contribution in [0.5, 0.6) is 0 Å². The van der Waals surface area contributed by atoms with Crippen LogP contribution in [0.25, 0.3) is 0 Å². The summed E-state index contributed by atoms with van der Waals surface area (Å²) in [5, 5.41) is 4.83. The van der Waals surface area contributed by atoms with Gasteiger partial charge in [-0.05, 0) is 18.2 Å². The first-order valence-electron chi connectivity index (χ1n) is 7.45. The molecule has 0 heterocycles. The Morgan fingerprint density at radius 3 is 2.46 bits per heavy atom. The van der Waals surface area contributed by atoms with Crippen molar-refractivity contribution < 1.29 is 18.0 Å². The number of rotatable bonds is 8. The highest BCUT2D eigenvalue weighted by atomic mass is 32.2. The Morgan fingerprint density at radius 1 is 1.21 bits per heavy atom. The van der Waals surface area contributed by atoms with Crippen molar-refractivity contribution in [2.24, 2.45) is 0 Å². The lowest BCUT2D eigenvalue weighted by molar-refractivity contribution is -0.119. The summed E-state index contributed by atoms with van der Waals surface area (Å²) in [6, 6.07) is 5.70. The molecule has 0 saturated carbocycles. The van der Waals surface area contributed by atoms with Gasteiger partial charge < -0.3 is 10.6 Å². The third kappa shape index (κ3) is 5.08. The molecule has 0 unspecified atom stereocenters. The highest BCUT2D eigenvalue weighted by Crippen LogP contribution is 2.16. The second-order valence-electron chi connectivity index (χ2n) is 4.78. The van der Waals surface area contributed by atoms with Gasteiger partial charge in [0.2, 0.25) is 15.9 Å². The quantitative estimate of drug-likeness (QED) is 0.654. The van der Waals surface area contributed by atoms with Crippen molar-refractivity contribution in [3.63, 3.8) is 0 Å². The van der Waals surface area contributed by atoms with E-state index in [0.29, 0.717) is 13.1 Å². The van der Waals surface area contributed by atoms with Crippen molar-refractivity contribution in [1.29, 1.82) is 0 Å². The van der Waals surface area contributed by atoms with E-state index in [1.54, 1.807) is 13.8 Å². The summed E-state index contributed by atoms with van der Waals surface area (Å²) in [6.07, 6.45) is 5.02. The van der Waals surface area contributed by atoms with Crippen LogP contribution in [0.3, 0.4) is 0 Å². The number of benzene rings is 1. The van der Waals surface area contributed by atoms with Gasteiger partial charge in [-0.3, -0.25) is 9.59 Å². The lowest BCUT2D eigenvalue weighted by Gasteiger charge is -2.18. The fraction of sp³-hybridized carbons (Fsp3) is 0.375. The third-order valence-electron chi connectivity index (χ3n) is 3.24. The van der Waals surface area contributed by atoms with Gasteiger partial charge in [0.15, 0.2) is 0 Å². The molecule has 0 radical (unpaired) electrons. The predicted octanol–water partition coefficient (Wildman–Crippen LogP) is 0.196. The highest BCUT2D eigenvalue weighted by Gasteiger charge is 2.22. The van der Waals surface area contributed by atoms with Crippen LogP contribution >= 0.6 is 0 Å². The molecule has 8 heteroatoms. The Hall–Kier alpha value is -2.37. The zero-order valence-corrected chi connectivity index (χ0v) is 14.5. The van der Waals surface area contributed by atoms with Crippen molar-refractivity contribution in [2.75, 3.05) is 26.2 Å². The SMILES string of the molecule is C#CCNC(=O)CNC(=O)c1cccc(S(=O)(=O)N(CC)CC)c1. The minimum absolute atomic E-state index is 0.0376. The van der Waals surface area contributed by atoms with Crippen LogP contribution in [0.4, 0.5) is 0 Å². The number of amides is 2. The van der Waals surface area contributed by atoms with Crippen LogP contribution in [0.15, 0.2) is 29.2 Å². The average Bonchev–Trinajstić information content (AvgIpc) is 2.58. The normalized spacial score (nSPS) is 10.9. The summed E-state index contributed by atoms with van der Waals surface area (Å²) in [6.45, 7) is 3.99. The first kappa shape index (κ1) is 19.7. The van der Waals surface area contributed by atoms with Crippen LogP contribution in [-0.2, 0) is 14.8 Å². The number of hydrogen-bond donors (Lipinski definition) is 2. The molecule has 0 atom stereocenters. The van der Waals surface area contributed by atoms with E-state index >= 15 is 0 Å². The van der Waals surface area contributed by atoms with Crippen molar-refractivity contribution >= 4 is 21.8 Å². The molecule has 1 rings (SSSR count). The number of terminal acetylenes is 1. The molecular formula is C16H21N3O4S. The zero-order valence-electron chi connectivity index (χ0n) is 13.7. The minimum atomic E-state index is -3.65. The lowest BCUT2D eigenvalue weighted by Crippen LogP contribution is -2.37. The van der Waals surface area contributed by atoms with E-state index in [1.165, 1.54) is 28.6 Å². The summed E-state index contributed by atoms with van der Waals surface area (Å²) >= 11 is 0. The van der Waals surface area contributed by atoms with Crippen LogP contribution in [0.2, 0.25) is 0 Å². The van der Waals surface area contributed by atoms with E-state index < -0.39 is 21.8 Å². The zero-order chi connectivity index (χ0) is 18.2. The van der Waals surface area contributed by atoms with Gasteiger partial charge in [-0.15, -0.1) is 6.42 Å². The van der Waals surface area contributed by atoms with E-state index in [2.05, 4.69) is 16.6 Å². The molecule has 0 aromatic heterocycles. The van der Waals surface area contributed by atoms with Gasteiger partial charge in [0.1, 0.15) is 0 Å². The molecule has 24 heavy (non-hydrogen) atoms. The van der Waals surface area contributed by atoms with Crippen LogP contribution in [0.1, 0.15) is 24.2 Å². The summed E-state index contributed by atoms with van der Waals surface area (Å²) in [5.41, 5.74) is 0.160. The van der Waals surface area contributed by atoms with Crippen LogP contribution in [-0.4, -0.2) is 50.7 Å². The van der Waals surface area contributed by atoms with E-state index in [4.69, 9.17) is 6.42 Å². The Kier molecular flexibility index (Phi) is 7.42. The van der Waals surface area contributed by atoms with Gasteiger partial charge in [-0.2, -0.15) is 4.31 Å². The first-order chi connectivity index (χ1) is 11.4. The maximum atomic E-state index is 12.5. The monoisotopic (exact) mass is 351 g/mol. The summed E-state index contributed by atoms with van der Waals surface area (Å²) in [5.74, 6) is 1.29. The molecule has 2 amide bonds. The van der Waals surface area contributed by atoms with Crippen molar-refractivity contribution in [3.05, 3.63) is 29.8 Å². The van der Waals surface area contributed by atoms with E-state index in [0.717, 1.165) is 0 Å². The maximum Gasteiger partial charge on any atom is 0.251 e. The fourth-order valence-electron chi connectivity index (χ4n) is 1.99. The molecule has 0 aliphatic carbocycles. The molecule has 1 aromatic rings. The smallest absolute Gasteiger partial charge is 0.251 e. The van der Waals surface area contributed by atoms with Crippen molar-refractivity contribution in [2.45, 2.75) is 18.7 Å². The number of hydrogen-bond acceptors (Lipinski definition) is 4. The molecule has 0 fully saturated rings. The molecule has 7 nitrogen and oxygen atoms in total. The number of sulfonamides is 1. The van der Waals surface area contributed by atoms with E-state index in [-0.39, 0.29) is 23.5 Å². The molecule has 0 spiro atoms. The van der Waals surface area contributed by atoms with Gasteiger partial charge >= 0.3 is 0 Å². The number of nitrogens with one attached hydrogen (secondary N) is 2. The molecule has 0 aliphatic heterocycles. The Bertz CT molecular complexity index is 734. The molecule has 1 aromatic carbocycles. The average molecular weight is 351 g/mol. The topological polar surface area (TPSA) is 95.6 Å². The Balaban J connectivity index is 2.87. The van der Waals surface area contributed by atoms with E-state index in [9.17, 15) is 18.0 Å². The largest absolute Gasteiger partial charge is 0.344 e. The molecular weight excluding hydrogens is 330 g/mol. The molecule has 0 aliphatic rings. The number of carbonyl (C=O) groups excluding carboxylic acids is 2. The minimum Gasteiger partial charge on any atom is -0.344 e. The Morgan fingerprint density at radius 2 is 1.88 bits per heavy atom. The van der Waals surface area contributed by atoms with Gasteiger partial charge in [0, 0.05) is 18.7 Å². The van der Waals surface area contributed by atoms with Gasteiger partial charge in [0.05, 0.1) is 18.0 Å². The first-order valence-corrected chi connectivity index (χ1v) is 8.89. The summed E-state index contributed by atoms with van der Waals surface area (Å²) in [4.78, 5) is 23.5. The predicted molar refractivity (Wildman–Crippen MR) is 90.7 cm³/mol. The number of nitrogens with zero attached hydrogens (tertiary/aromatic N) is 1. The summed E-state index contributed by atoms with van der Waals surface area (Å²) < 4.78 is 26.2.